The fraction of sp³-hybridized carbons (Fsp3) is 0.105. The Morgan fingerprint density at radius 1 is 1.07 bits per heavy atom. The van der Waals surface area contributed by atoms with E-state index in [0.29, 0.717) is 5.69 Å². The summed E-state index contributed by atoms with van der Waals surface area (Å²) in [6.07, 6.45) is 0. The Labute approximate surface area is 157 Å². The van der Waals surface area contributed by atoms with Gasteiger partial charge in [0.05, 0.1) is 12.1 Å². The molecule has 0 spiro atoms. The van der Waals surface area contributed by atoms with Crippen LogP contribution in [0, 0.1) is 11.6 Å². The van der Waals surface area contributed by atoms with Crippen LogP contribution < -0.4 is 0 Å². The van der Waals surface area contributed by atoms with Gasteiger partial charge in [-0.15, -0.1) is 10.2 Å². The molecule has 140 valence electrons. The zero-order chi connectivity index (χ0) is 19.7. The third-order valence-corrected chi connectivity index (χ3v) is 4.19. The summed E-state index contributed by atoms with van der Waals surface area (Å²) >= 11 is 0. The molecule has 0 amide bonds. The highest BCUT2D eigenvalue weighted by atomic mass is 19.1. The van der Waals surface area contributed by atoms with Gasteiger partial charge in [0.25, 0.3) is 0 Å². The zero-order valence-electron chi connectivity index (χ0n) is 14.4. The summed E-state index contributed by atoms with van der Waals surface area (Å²) in [5.41, 5.74) is 0.686. The van der Waals surface area contributed by atoms with Crippen molar-refractivity contribution in [1.29, 1.82) is 0 Å². The number of hydrogen-bond donors (Lipinski definition) is 1. The van der Waals surface area contributed by atoms with Crippen molar-refractivity contribution in [3.8, 4) is 11.5 Å². The van der Waals surface area contributed by atoms with Gasteiger partial charge in [-0.3, -0.25) is 4.79 Å². The molecule has 0 bridgehead atoms. The summed E-state index contributed by atoms with van der Waals surface area (Å²) in [5, 5.41) is 21.6. The van der Waals surface area contributed by atoms with Crippen molar-refractivity contribution in [2.75, 3.05) is 6.61 Å². The van der Waals surface area contributed by atoms with Crippen molar-refractivity contribution in [3.63, 3.8) is 0 Å². The molecular weight excluding hydrogens is 368 g/mol. The fourth-order valence-corrected chi connectivity index (χ4v) is 2.75. The van der Waals surface area contributed by atoms with Crippen LogP contribution in [0.2, 0.25) is 0 Å². The summed E-state index contributed by atoms with van der Waals surface area (Å²) in [6, 6.07) is 12.9. The number of benzene rings is 2. The molecule has 1 N–H and O–H groups in total. The highest BCUT2D eigenvalue weighted by molar-refractivity contribution is 5.97. The van der Waals surface area contributed by atoms with E-state index in [1.54, 1.807) is 6.07 Å². The number of carbonyl (C=O) groups excluding carboxylic acids is 1. The van der Waals surface area contributed by atoms with E-state index in [9.17, 15) is 13.6 Å². The number of nitrogens with zero attached hydrogens (tertiary/aromatic N) is 5. The molecule has 0 atom stereocenters. The minimum Gasteiger partial charge on any atom is -0.388 e. The maximum Gasteiger partial charge on any atom is 0.223 e. The predicted octanol–water partition coefficient (Wildman–Crippen LogP) is 2.39. The molecule has 9 heteroatoms. The van der Waals surface area contributed by atoms with E-state index < -0.39 is 24.0 Å². The summed E-state index contributed by atoms with van der Waals surface area (Å²) < 4.78 is 28.4. The van der Waals surface area contributed by atoms with Gasteiger partial charge < -0.3 is 5.11 Å². The van der Waals surface area contributed by atoms with E-state index in [2.05, 4.69) is 20.4 Å². The molecule has 0 aliphatic rings. The molecule has 0 aliphatic heterocycles. The second kappa shape index (κ2) is 7.20. The van der Waals surface area contributed by atoms with Gasteiger partial charge in [-0.1, -0.05) is 24.3 Å². The van der Waals surface area contributed by atoms with Crippen molar-refractivity contribution in [3.05, 3.63) is 71.3 Å². The van der Waals surface area contributed by atoms with Crippen LogP contribution in [0.4, 0.5) is 8.78 Å². The summed E-state index contributed by atoms with van der Waals surface area (Å²) in [4.78, 5) is 16.9. The Kier molecular flexibility index (Phi) is 4.58. The SMILES string of the molecule is O=C(CO)c1cc(F)c(Cn2nnc(-c3ccc4ccccc4n3)n2)c(F)c1. The summed E-state index contributed by atoms with van der Waals surface area (Å²) in [7, 11) is 0. The van der Waals surface area contributed by atoms with E-state index in [0.717, 1.165) is 27.8 Å². The van der Waals surface area contributed by atoms with E-state index in [4.69, 9.17) is 5.11 Å². The van der Waals surface area contributed by atoms with Crippen LogP contribution in [-0.4, -0.2) is 42.7 Å². The van der Waals surface area contributed by atoms with Gasteiger partial charge in [-0.2, -0.15) is 4.80 Å². The lowest BCUT2D eigenvalue weighted by Gasteiger charge is -2.06. The molecular formula is C19H13F2N5O2. The first-order valence-corrected chi connectivity index (χ1v) is 8.31. The lowest BCUT2D eigenvalue weighted by atomic mass is 10.1. The number of carbonyl (C=O) groups is 1. The molecule has 2 heterocycles. The number of tetrazole rings is 1. The Balaban J connectivity index is 1.62. The second-order valence-electron chi connectivity index (χ2n) is 6.03. The molecule has 0 radical (unpaired) electrons. The first-order chi connectivity index (χ1) is 13.5. The number of aromatic nitrogens is 5. The van der Waals surface area contributed by atoms with Gasteiger partial charge in [-0.25, -0.2) is 13.8 Å². The van der Waals surface area contributed by atoms with Crippen molar-refractivity contribution in [1.82, 2.24) is 25.2 Å². The van der Waals surface area contributed by atoms with Crippen LogP contribution in [0.15, 0.2) is 48.5 Å². The highest BCUT2D eigenvalue weighted by Crippen LogP contribution is 2.19. The first kappa shape index (κ1) is 17.8. The number of hydrogen-bond acceptors (Lipinski definition) is 6. The average Bonchev–Trinajstić information content (AvgIpc) is 3.18. The molecule has 4 aromatic rings. The number of aliphatic hydroxyl groups excluding tert-OH is 1. The van der Waals surface area contributed by atoms with Crippen molar-refractivity contribution >= 4 is 16.7 Å². The summed E-state index contributed by atoms with van der Waals surface area (Å²) in [6.45, 7) is -1.14. The maximum atomic E-state index is 14.2. The van der Waals surface area contributed by atoms with Crippen LogP contribution in [0.25, 0.3) is 22.4 Å². The second-order valence-corrected chi connectivity index (χ2v) is 6.03. The number of para-hydroxylation sites is 1. The van der Waals surface area contributed by atoms with E-state index in [1.807, 2.05) is 30.3 Å². The number of rotatable bonds is 5. The smallest absolute Gasteiger partial charge is 0.223 e. The lowest BCUT2D eigenvalue weighted by molar-refractivity contribution is 0.0902. The largest absolute Gasteiger partial charge is 0.388 e. The molecule has 7 nitrogen and oxygen atoms in total. The molecule has 4 rings (SSSR count). The quantitative estimate of drug-likeness (QED) is 0.534. The molecule has 0 unspecified atom stereocenters. The van der Waals surface area contributed by atoms with Crippen molar-refractivity contribution in [2.24, 2.45) is 0 Å². The Morgan fingerprint density at radius 3 is 2.57 bits per heavy atom. The van der Waals surface area contributed by atoms with Gasteiger partial charge >= 0.3 is 0 Å². The lowest BCUT2D eigenvalue weighted by Crippen LogP contribution is -2.11. The minimum absolute atomic E-state index is 0.221. The fourth-order valence-electron chi connectivity index (χ4n) is 2.75. The van der Waals surface area contributed by atoms with Gasteiger partial charge in [0.2, 0.25) is 5.82 Å². The number of ketones is 1. The normalized spacial score (nSPS) is 11.1. The Hall–Kier alpha value is -3.59. The molecule has 0 aliphatic carbocycles. The molecule has 2 aromatic carbocycles. The van der Waals surface area contributed by atoms with Crippen LogP contribution in [0.3, 0.4) is 0 Å². The number of pyridine rings is 1. The maximum absolute atomic E-state index is 14.2. The molecule has 0 saturated carbocycles. The molecule has 0 fully saturated rings. The molecule has 28 heavy (non-hydrogen) atoms. The highest BCUT2D eigenvalue weighted by Gasteiger charge is 2.17. The molecule has 2 aromatic heterocycles. The van der Waals surface area contributed by atoms with Gasteiger partial charge in [0.1, 0.15) is 23.9 Å². The van der Waals surface area contributed by atoms with E-state index >= 15 is 0 Å². The standard InChI is InChI=1S/C19H13F2N5O2/c20-14-7-12(18(28)10-27)8-15(21)13(14)9-26-24-19(23-25-26)17-6-5-11-3-1-2-4-16(11)22-17/h1-8,27H,9-10H2. The topological polar surface area (TPSA) is 93.8 Å². The number of halogens is 2. The number of aliphatic hydroxyl groups is 1. The van der Waals surface area contributed by atoms with E-state index in [1.165, 1.54) is 0 Å². The predicted molar refractivity (Wildman–Crippen MR) is 95.4 cm³/mol. The van der Waals surface area contributed by atoms with E-state index in [-0.39, 0.29) is 23.5 Å². The average molecular weight is 381 g/mol. The molecule has 0 saturated heterocycles. The van der Waals surface area contributed by atoms with Crippen LogP contribution >= 0.6 is 0 Å². The Morgan fingerprint density at radius 2 is 1.82 bits per heavy atom. The number of Topliss-reactive ketones (excluding diaryl/α,β-unsaturated/α-hetero) is 1. The van der Waals surface area contributed by atoms with Crippen LogP contribution in [-0.2, 0) is 6.54 Å². The zero-order valence-corrected chi connectivity index (χ0v) is 14.4. The van der Waals surface area contributed by atoms with Crippen LogP contribution in [0.5, 0.6) is 0 Å². The summed E-state index contributed by atoms with van der Waals surface area (Å²) in [5.74, 6) is -2.41. The monoisotopic (exact) mass is 381 g/mol. The first-order valence-electron chi connectivity index (χ1n) is 8.31. The van der Waals surface area contributed by atoms with Gasteiger partial charge in [0.15, 0.2) is 5.78 Å². The van der Waals surface area contributed by atoms with Gasteiger partial charge in [-0.05, 0) is 29.5 Å². The number of fused-ring (bicyclic) bond motifs is 1. The van der Waals surface area contributed by atoms with Gasteiger partial charge in [0, 0.05) is 16.5 Å². The third kappa shape index (κ3) is 3.35. The minimum atomic E-state index is -0.931. The Bertz CT molecular complexity index is 1170. The van der Waals surface area contributed by atoms with Crippen molar-refractivity contribution in [2.45, 2.75) is 6.54 Å². The third-order valence-electron chi connectivity index (χ3n) is 4.19. The van der Waals surface area contributed by atoms with Crippen LogP contribution in [0.1, 0.15) is 15.9 Å². The van der Waals surface area contributed by atoms with Crippen molar-refractivity contribution < 1.29 is 18.7 Å².